The molecule has 0 rings (SSSR count). The molecule has 0 aliphatic rings. The number of aliphatic hydroxyl groups excluding tert-OH is 2. The van der Waals surface area contributed by atoms with Crippen molar-refractivity contribution in [2.45, 2.75) is 225 Å². The van der Waals surface area contributed by atoms with Crippen LogP contribution in [0.4, 0.5) is 0 Å². The fourth-order valence-electron chi connectivity index (χ4n) is 6.54. The molecule has 6 N–H and O–H groups in total. The highest BCUT2D eigenvalue weighted by Crippen LogP contribution is 2.43. The normalized spacial score (nSPS) is 14.9. The molecule has 0 aromatic carbocycles. The average Bonchev–Trinajstić information content (AvgIpc) is 3.16. The first-order valence-electron chi connectivity index (χ1n) is 22.7. The van der Waals surface area contributed by atoms with Crippen LogP contribution < -0.4 is 11.1 Å². The summed E-state index contributed by atoms with van der Waals surface area (Å²) >= 11 is 0. The van der Waals surface area contributed by atoms with Gasteiger partial charge in [-0.2, -0.15) is 0 Å². The monoisotopic (exact) mass is 799 g/mol. The van der Waals surface area contributed by atoms with Crippen LogP contribution in [-0.2, 0) is 18.4 Å². The first-order valence-corrected chi connectivity index (χ1v) is 24.2. The smallest absolute Gasteiger partial charge is 0.393 e. The largest absolute Gasteiger partial charge is 0.472 e. The molecule has 1 amide bonds. The molecule has 0 saturated heterocycles. The number of nitrogens with one attached hydrogen (secondary N) is 1. The van der Waals surface area contributed by atoms with Crippen LogP contribution in [0.25, 0.3) is 0 Å². The number of carbonyl (C=O) groups excluding carboxylic acids is 1. The lowest BCUT2D eigenvalue weighted by Gasteiger charge is -2.24. The third-order valence-electron chi connectivity index (χ3n) is 9.99. The predicted molar refractivity (Wildman–Crippen MR) is 232 cm³/mol. The van der Waals surface area contributed by atoms with Crippen molar-refractivity contribution in [2.75, 3.05) is 19.8 Å². The number of aliphatic hydroxyl groups is 2. The molecular weight excluding hydrogens is 711 g/mol. The minimum atomic E-state index is -4.41. The number of hydrogen-bond donors (Lipinski definition) is 5. The van der Waals surface area contributed by atoms with E-state index in [4.69, 9.17) is 14.8 Å². The van der Waals surface area contributed by atoms with Gasteiger partial charge < -0.3 is 26.2 Å². The molecule has 0 aromatic heterocycles. The van der Waals surface area contributed by atoms with Gasteiger partial charge in [0.15, 0.2) is 0 Å². The molecule has 0 aromatic rings. The van der Waals surface area contributed by atoms with Crippen molar-refractivity contribution in [1.29, 1.82) is 0 Å². The van der Waals surface area contributed by atoms with Crippen LogP contribution in [-0.4, -0.2) is 59.0 Å². The van der Waals surface area contributed by atoms with Gasteiger partial charge in [-0.15, -0.1) is 0 Å². The topological polar surface area (TPSA) is 151 Å². The lowest BCUT2D eigenvalue weighted by molar-refractivity contribution is -0.124. The minimum absolute atomic E-state index is 0.0435. The molecule has 0 radical (unpaired) electrons. The van der Waals surface area contributed by atoms with Crippen LogP contribution in [0.1, 0.15) is 206 Å². The van der Waals surface area contributed by atoms with Crippen LogP contribution in [0, 0.1) is 0 Å². The minimum Gasteiger partial charge on any atom is -0.393 e. The first-order chi connectivity index (χ1) is 26.8. The van der Waals surface area contributed by atoms with Gasteiger partial charge in [-0.05, 0) is 57.8 Å². The zero-order valence-electron chi connectivity index (χ0n) is 35.5. The fraction of sp³-hybridized carbons (Fsp3) is 0.844. The van der Waals surface area contributed by atoms with Gasteiger partial charge >= 0.3 is 7.82 Å². The second-order valence-corrected chi connectivity index (χ2v) is 16.9. The highest BCUT2D eigenvalue weighted by molar-refractivity contribution is 7.47. The molecule has 0 fully saturated rings. The quantitative estimate of drug-likeness (QED) is 0.0233. The highest BCUT2D eigenvalue weighted by atomic mass is 31.2. The molecule has 0 aliphatic carbocycles. The number of phosphoric acid groups is 1. The van der Waals surface area contributed by atoms with E-state index in [9.17, 15) is 24.5 Å². The van der Waals surface area contributed by atoms with Crippen molar-refractivity contribution in [3.05, 3.63) is 36.5 Å². The Morgan fingerprint density at radius 2 is 1.04 bits per heavy atom. The van der Waals surface area contributed by atoms with E-state index in [0.717, 1.165) is 44.9 Å². The number of amides is 1. The molecule has 0 heterocycles. The summed E-state index contributed by atoms with van der Waals surface area (Å²) in [6.45, 7) is 3.94. The van der Waals surface area contributed by atoms with E-state index in [1.807, 2.05) is 6.08 Å². The Labute approximate surface area is 338 Å². The summed E-state index contributed by atoms with van der Waals surface area (Å²) in [6, 6.07) is -1.00. The summed E-state index contributed by atoms with van der Waals surface area (Å²) in [7, 11) is -4.41. The van der Waals surface area contributed by atoms with E-state index in [-0.39, 0.29) is 19.6 Å². The van der Waals surface area contributed by atoms with E-state index in [1.54, 1.807) is 6.08 Å². The lowest BCUT2D eigenvalue weighted by Crippen LogP contribution is -2.46. The van der Waals surface area contributed by atoms with Crippen molar-refractivity contribution in [3.8, 4) is 0 Å². The molecule has 9 nitrogen and oxygen atoms in total. The second-order valence-electron chi connectivity index (χ2n) is 15.4. The number of allylic oxidation sites excluding steroid dienone is 5. The predicted octanol–water partition coefficient (Wildman–Crippen LogP) is 11.7. The molecule has 0 bridgehead atoms. The Morgan fingerprint density at radius 3 is 1.53 bits per heavy atom. The first kappa shape index (κ1) is 53.7. The lowest BCUT2D eigenvalue weighted by atomic mass is 10.0. The zero-order valence-corrected chi connectivity index (χ0v) is 36.4. The summed E-state index contributed by atoms with van der Waals surface area (Å²) in [6.07, 6.45) is 45.2. The van der Waals surface area contributed by atoms with Crippen LogP contribution in [0.3, 0.4) is 0 Å². The second kappa shape index (κ2) is 40.9. The maximum Gasteiger partial charge on any atom is 0.472 e. The van der Waals surface area contributed by atoms with Crippen molar-refractivity contribution < 1.29 is 33.5 Å². The molecule has 55 heavy (non-hydrogen) atoms. The van der Waals surface area contributed by atoms with Crippen LogP contribution >= 0.6 is 7.82 Å². The van der Waals surface area contributed by atoms with Crippen molar-refractivity contribution in [3.63, 3.8) is 0 Å². The molecular formula is C45H87N2O7P. The summed E-state index contributed by atoms with van der Waals surface area (Å²) in [5, 5.41) is 24.0. The van der Waals surface area contributed by atoms with E-state index in [2.05, 4.69) is 43.5 Å². The third-order valence-corrected chi connectivity index (χ3v) is 11.0. The van der Waals surface area contributed by atoms with Gasteiger partial charge in [0.2, 0.25) is 5.91 Å². The average molecular weight is 799 g/mol. The maximum atomic E-state index is 12.8. The molecule has 10 heteroatoms. The van der Waals surface area contributed by atoms with Crippen LogP contribution in [0.2, 0.25) is 0 Å². The third kappa shape index (κ3) is 39.3. The van der Waals surface area contributed by atoms with Gasteiger partial charge in [0.1, 0.15) is 0 Å². The van der Waals surface area contributed by atoms with Crippen molar-refractivity contribution in [1.82, 2.24) is 5.32 Å². The van der Waals surface area contributed by atoms with E-state index in [1.165, 1.54) is 128 Å². The van der Waals surface area contributed by atoms with E-state index >= 15 is 0 Å². The summed E-state index contributed by atoms with van der Waals surface area (Å²) < 4.78 is 22.1. The number of unbranched alkanes of at least 4 members (excludes halogenated alkanes) is 24. The van der Waals surface area contributed by atoms with Crippen molar-refractivity contribution in [2.24, 2.45) is 5.73 Å². The molecule has 4 unspecified atom stereocenters. The number of nitrogens with two attached hydrogens (primary N) is 1. The van der Waals surface area contributed by atoms with Crippen molar-refractivity contribution >= 4 is 13.7 Å². The van der Waals surface area contributed by atoms with E-state index in [0.29, 0.717) is 12.8 Å². The summed E-state index contributed by atoms with van der Waals surface area (Å²) in [5.41, 5.74) is 5.36. The van der Waals surface area contributed by atoms with Gasteiger partial charge in [0.25, 0.3) is 0 Å². The molecule has 0 spiro atoms. The number of hydrogen-bond acceptors (Lipinski definition) is 7. The van der Waals surface area contributed by atoms with Gasteiger partial charge in [-0.25, -0.2) is 4.57 Å². The van der Waals surface area contributed by atoms with Crippen LogP contribution in [0.15, 0.2) is 36.5 Å². The van der Waals surface area contributed by atoms with Gasteiger partial charge in [-0.3, -0.25) is 13.8 Å². The Morgan fingerprint density at radius 1 is 0.618 bits per heavy atom. The number of rotatable bonds is 42. The maximum absolute atomic E-state index is 12.8. The molecule has 4 atom stereocenters. The Balaban J connectivity index is 4.35. The number of carbonyl (C=O) groups is 1. The van der Waals surface area contributed by atoms with Gasteiger partial charge in [0.05, 0.1) is 37.9 Å². The Bertz CT molecular complexity index is 977. The Kier molecular flexibility index (Phi) is 39.9. The molecule has 324 valence electrons. The highest BCUT2D eigenvalue weighted by Gasteiger charge is 2.27. The van der Waals surface area contributed by atoms with Crippen LogP contribution in [0.5, 0.6) is 0 Å². The molecule has 0 saturated carbocycles. The summed E-state index contributed by atoms with van der Waals surface area (Å²) in [5.74, 6) is -0.461. The van der Waals surface area contributed by atoms with Gasteiger partial charge in [-0.1, -0.05) is 179 Å². The summed E-state index contributed by atoms with van der Waals surface area (Å²) in [4.78, 5) is 22.7. The Hall–Kier alpha value is -1.32. The SMILES string of the molecule is CCCCCC/C=C\CCCCCCCC(O)CC(=O)NC(COP(=O)(O)OCCN)C(O)/C=C/CC/C=C/CCCCCCCCCCCCCCCC. The van der Waals surface area contributed by atoms with Gasteiger partial charge in [0, 0.05) is 6.54 Å². The fourth-order valence-corrected chi connectivity index (χ4v) is 7.30. The number of phosphoric ester groups is 1. The molecule has 0 aliphatic heterocycles. The zero-order chi connectivity index (χ0) is 40.5. The van der Waals surface area contributed by atoms with E-state index < -0.39 is 38.6 Å². The standard InChI is InChI=1S/C45H87N2O7P/c1-3-5-7-9-11-13-15-17-18-19-20-21-22-23-25-27-29-31-33-35-37-44(49)43(41-54-55(51,52)53-39-38-46)47-45(50)40-42(48)36-34-32-30-28-26-24-16-14-12-10-8-6-4-2/h14,16,27,29,35,37,42-44,48-49H,3-13,15,17-26,28,30-34,36,38-41,46H2,1-2H3,(H,47,50)(H,51,52)/b16-14-,29-27+,37-35+.